The number of carbonyl (C=O) groups excluding carboxylic acids is 2. The average molecular weight is 341 g/mol. The van der Waals surface area contributed by atoms with Gasteiger partial charge in [-0.2, -0.15) is 0 Å². The first-order valence-electron chi connectivity index (χ1n) is 8.89. The van der Waals surface area contributed by atoms with E-state index in [1.807, 2.05) is 19.1 Å². The molecule has 132 valence electrons. The van der Waals surface area contributed by atoms with Gasteiger partial charge in [-0.15, -0.1) is 5.06 Å². The summed E-state index contributed by atoms with van der Waals surface area (Å²) in [7, 11) is 0. The lowest BCUT2D eigenvalue weighted by Crippen LogP contribution is -2.40. The van der Waals surface area contributed by atoms with Crippen molar-refractivity contribution in [2.75, 3.05) is 13.2 Å². The number of carbonyl (C=O) groups is 2. The molecule has 2 aromatic rings. The van der Waals surface area contributed by atoms with Crippen molar-refractivity contribution in [3.8, 4) is 5.75 Å². The summed E-state index contributed by atoms with van der Waals surface area (Å²) in [5.74, 6) is -0.121. The zero-order valence-electron chi connectivity index (χ0n) is 14.7. The highest BCUT2D eigenvalue weighted by Gasteiger charge is 2.34. The van der Waals surface area contributed by atoms with Gasteiger partial charge in [0.2, 0.25) is 0 Å². The van der Waals surface area contributed by atoms with Crippen molar-refractivity contribution in [2.24, 2.45) is 0 Å². The average Bonchev–Trinajstić information content (AvgIpc) is 2.63. The molecule has 3 rings (SSSR count). The number of hydroxylamine groups is 2. The lowest BCUT2D eigenvalue weighted by atomic mass is 9.94. The fourth-order valence-corrected chi connectivity index (χ4v) is 2.92. The number of hydrogen-bond acceptors (Lipinski definition) is 4. The third kappa shape index (κ3) is 3.24. The molecule has 0 unspecified atom stereocenters. The second-order valence-corrected chi connectivity index (χ2v) is 6.13. The molecule has 1 aliphatic rings. The molecule has 2 aromatic carbocycles. The molecular formula is C20H23NO4. The van der Waals surface area contributed by atoms with Gasteiger partial charge in [0.1, 0.15) is 5.75 Å². The van der Waals surface area contributed by atoms with Gasteiger partial charge in [-0.05, 0) is 31.0 Å². The third-order valence-corrected chi connectivity index (χ3v) is 4.30. The van der Waals surface area contributed by atoms with Crippen molar-refractivity contribution in [2.45, 2.75) is 39.5 Å². The number of amides is 2. The number of unbranched alkanes of at least 4 members (excludes halogenated alkanes) is 2. The van der Waals surface area contributed by atoms with Gasteiger partial charge in [-0.1, -0.05) is 38.8 Å². The van der Waals surface area contributed by atoms with E-state index < -0.39 is 11.8 Å². The van der Waals surface area contributed by atoms with Gasteiger partial charge in [0.05, 0.1) is 24.3 Å². The molecule has 0 atom stereocenters. The summed E-state index contributed by atoms with van der Waals surface area (Å²) in [6.07, 6.45) is 3.72. The Morgan fingerprint density at radius 3 is 2.28 bits per heavy atom. The maximum atomic E-state index is 12.7. The zero-order chi connectivity index (χ0) is 17.8. The van der Waals surface area contributed by atoms with Crippen molar-refractivity contribution >= 4 is 22.6 Å². The summed E-state index contributed by atoms with van der Waals surface area (Å²) in [4.78, 5) is 30.9. The van der Waals surface area contributed by atoms with Crippen LogP contribution in [0.4, 0.5) is 0 Å². The normalized spacial score (nSPS) is 13.6. The summed E-state index contributed by atoms with van der Waals surface area (Å²) >= 11 is 0. The molecule has 0 aromatic heterocycles. The second kappa shape index (κ2) is 7.66. The van der Waals surface area contributed by atoms with Crippen LogP contribution in [-0.2, 0) is 4.84 Å². The quantitative estimate of drug-likeness (QED) is 0.529. The lowest BCUT2D eigenvalue weighted by molar-refractivity contribution is -0.0958. The molecule has 5 heteroatoms. The number of benzene rings is 2. The van der Waals surface area contributed by atoms with Crippen LogP contribution in [0.5, 0.6) is 5.75 Å². The van der Waals surface area contributed by atoms with Crippen molar-refractivity contribution in [1.29, 1.82) is 0 Å². The van der Waals surface area contributed by atoms with E-state index in [4.69, 9.17) is 9.57 Å². The summed E-state index contributed by atoms with van der Waals surface area (Å²) in [6.45, 7) is 5.09. The van der Waals surface area contributed by atoms with Gasteiger partial charge >= 0.3 is 0 Å². The number of imide groups is 1. The van der Waals surface area contributed by atoms with Crippen molar-refractivity contribution in [1.82, 2.24) is 5.06 Å². The molecule has 0 N–H and O–H groups in total. The Morgan fingerprint density at radius 1 is 0.880 bits per heavy atom. The first kappa shape index (κ1) is 17.4. The Morgan fingerprint density at radius 2 is 1.56 bits per heavy atom. The van der Waals surface area contributed by atoms with Crippen LogP contribution in [0.1, 0.15) is 60.2 Å². The summed E-state index contributed by atoms with van der Waals surface area (Å²) in [6, 6.07) is 8.95. The fraction of sp³-hybridized carbons (Fsp3) is 0.400. The highest BCUT2D eigenvalue weighted by molar-refractivity contribution is 6.25. The lowest BCUT2D eigenvalue weighted by Gasteiger charge is -2.26. The van der Waals surface area contributed by atoms with Gasteiger partial charge in [0, 0.05) is 10.8 Å². The smallest absolute Gasteiger partial charge is 0.285 e. The van der Waals surface area contributed by atoms with Gasteiger partial charge < -0.3 is 4.74 Å². The molecule has 0 spiro atoms. The largest absolute Gasteiger partial charge is 0.493 e. The standard InChI is InChI=1S/C20H23NO4/c1-3-5-12-24-17-11-10-16-18-14(17)8-7-9-15(18)19(22)21(20(16)23)25-13-6-4-2/h7-11H,3-6,12-13H2,1-2H3. The van der Waals surface area contributed by atoms with Crippen LogP contribution in [0.2, 0.25) is 0 Å². The van der Waals surface area contributed by atoms with Crippen LogP contribution in [-0.4, -0.2) is 30.1 Å². The van der Waals surface area contributed by atoms with Crippen LogP contribution in [0.25, 0.3) is 10.8 Å². The maximum Gasteiger partial charge on any atom is 0.285 e. The minimum absolute atomic E-state index is 0.345. The summed E-state index contributed by atoms with van der Waals surface area (Å²) in [5.41, 5.74) is 0.953. The number of rotatable bonds is 8. The molecule has 0 radical (unpaired) electrons. The van der Waals surface area contributed by atoms with E-state index >= 15 is 0 Å². The van der Waals surface area contributed by atoms with Crippen LogP contribution in [0, 0.1) is 0 Å². The first-order valence-corrected chi connectivity index (χ1v) is 8.89. The Balaban J connectivity index is 2.00. The topological polar surface area (TPSA) is 55.8 Å². The van der Waals surface area contributed by atoms with Gasteiger partial charge in [0.15, 0.2) is 0 Å². The predicted molar refractivity (Wildman–Crippen MR) is 95.7 cm³/mol. The van der Waals surface area contributed by atoms with Crippen molar-refractivity contribution in [3.05, 3.63) is 41.5 Å². The molecule has 1 heterocycles. The summed E-state index contributed by atoms with van der Waals surface area (Å²) in [5, 5.41) is 2.34. The number of nitrogens with zero attached hydrogens (tertiary/aromatic N) is 1. The van der Waals surface area contributed by atoms with E-state index in [2.05, 4.69) is 6.92 Å². The highest BCUT2D eigenvalue weighted by Crippen LogP contribution is 2.35. The Labute approximate surface area is 147 Å². The van der Waals surface area contributed by atoms with E-state index in [9.17, 15) is 9.59 Å². The molecule has 0 saturated heterocycles. The van der Waals surface area contributed by atoms with Crippen molar-refractivity contribution < 1.29 is 19.2 Å². The van der Waals surface area contributed by atoms with Gasteiger partial charge in [-0.25, -0.2) is 0 Å². The van der Waals surface area contributed by atoms with Gasteiger partial charge in [0.25, 0.3) is 11.8 Å². The third-order valence-electron chi connectivity index (χ3n) is 4.30. The summed E-state index contributed by atoms with van der Waals surface area (Å²) < 4.78 is 5.85. The Hall–Kier alpha value is -2.40. The van der Waals surface area contributed by atoms with E-state index in [-0.39, 0.29) is 0 Å². The molecule has 0 fully saturated rings. The monoisotopic (exact) mass is 341 g/mol. The van der Waals surface area contributed by atoms with Crippen molar-refractivity contribution in [3.63, 3.8) is 0 Å². The van der Waals surface area contributed by atoms with E-state index in [0.717, 1.165) is 36.1 Å². The number of hydrogen-bond donors (Lipinski definition) is 0. The molecular weight excluding hydrogens is 318 g/mol. The van der Waals surface area contributed by atoms with E-state index in [0.29, 0.717) is 35.5 Å². The van der Waals surface area contributed by atoms with Crippen LogP contribution in [0.15, 0.2) is 30.3 Å². The minimum atomic E-state index is -0.412. The molecule has 25 heavy (non-hydrogen) atoms. The van der Waals surface area contributed by atoms with Gasteiger partial charge in [-0.3, -0.25) is 14.4 Å². The Bertz CT molecular complexity index is 777. The van der Waals surface area contributed by atoms with E-state index in [1.165, 1.54) is 0 Å². The molecule has 1 aliphatic heterocycles. The predicted octanol–water partition coefficient (Wildman–Crippen LogP) is 4.35. The zero-order valence-corrected chi connectivity index (χ0v) is 14.7. The Kier molecular flexibility index (Phi) is 5.34. The minimum Gasteiger partial charge on any atom is -0.493 e. The van der Waals surface area contributed by atoms with Crippen LogP contribution in [0.3, 0.4) is 0 Å². The molecule has 5 nitrogen and oxygen atoms in total. The second-order valence-electron chi connectivity index (χ2n) is 6.13. The molecule has 2 amide bonds. The molecule has 0 saturated carbocycles. The molecule has 0 bridgehead atoms. The van der Waals surface area contributed by atoms with Crippen LogP contribution >= 0.6 is 0 Å². The SMILES string of the molecule is CCCCOc1ccc2c3c(cccc13)C(=O)N(OCCCC)C2=O. The highest BCUT2D eigenvalue weighted by atomic mass is 16.7. The maximum absolute atomic E-state index is 12.7. The van der Waals surface area contributed by atoms with E-state index in [1.54, 1.807) is 18.2 Å². The molecule has 0 aliphatic carbocycles. The number of ether oxygens (including phenoxy) is 1. The van der Waals surface area contributed by atoms with Crippen LogP contribution < -0.4 is 4.74 Å². The first-order chi connectivity index (χ1) is 12.2. The fourth-order valence-electron chi connectivity index (χ4n) is 2.92.